The van der Waals surface area contributed by atoms with Crippen molar-refractivity contribution in [3.8, 4) is 0 Å². The molecule has 6 nitrogen and oxygen atoms in total. The van der Waals surface area contributed by atoms with Gasteiger partial charge in [-0.25, -0.2) is 9.78 Å². The average molecular weight is 275 g/mol. The van der Waals surface area contributed by atoms with Crippen molar-refractivity contribution >= 4 is 22.9 Å². The molecule has 1 atom stereocenters. The second kappa shape index (κ2) is 4.96. The number of carboxylic acids is 1. The SMILES string of the molecule is Cc1nc2ccc(C(=O)O)cc2n1C(C(N)=O)C(C)C. The minimum absolute atomic E-state index is 0.0166. The fourth-order valence-electron chi connectivity index (χ4n) is 2.45. The summed E-state index contributed by atoms with van der Waals surface area (Å²) in [7, 11) is 0. The fourth-order valence-corrected chi connectivity index (χ4v) is 2.45. The van der Waals surface area contributed by atoms with Gasteiger partial charge in [0.25, 0.3) is 0 Å². The predicted octanol–water partition coefficient (Wildman–Crippen LogP) is 1.73. The van der Waals surface area contributed by atoms with E-state index in [1.54, 1.807) is 17.6 Å². The largest absolute Gasteiger partial charge is 0.478 e. The van der Waals surface area contributed by atoms with E-state index in [0.717, 1.165) is 0 Å². The Hall–Kier alpha value is -2.37. The first-order valence-corrected chi connectivity index (χ1v) is 6.34. The number of imidazole rings is 1. The molecule has 0 aliphatic heterocycles. The van der Waals surface area contributed by atoms with Crippen LogP contribution in [-0.2, 0) is 4.79 Å². The molecule has 106 valence electrons. The van der Waals surface area contributed by atoms with Crippen LogP contribution < -0.4 is 5.73 Å². The Labute approximate surface area is 116 Å². The van der Waals surface area contributed by atoms with Crippen LogP contribution in [0.5, 0.6) is 0 Å². The van der Waals surface area contributed by atoms with E-state index in [1.807, 2.05) is 13.8 Å². The first kappa shape index (κ1) is 14.0. The number of hydrogen-bond donors (Lipinski definition) is 2. The maximum Gasteiger partial charge on any atom is 0.335 e. The predicted molar refractivity (Wildman–Crippen MR) is 74.5 cm³/mol. The number of carbonyl (C=O) groups excluding carboxylic acids is 1. The molecule has 1 amide bonds. The summed E-state index contributed by atoms with van der Waals surface area (Å²) in [5, 5.41) is 9.08. The van der Waals surface area contributed by atoms with E-state index < -0.39 is 17.9 Å². The van der Waals surface area contributed by atoms with Crippen LogP contribution >= 0.6 is 0 Å². The topological polar surface area (TPSA) is 98.2 Å². The summed E-state index contributed by atoms with van der Waals surface area (Å²) in [4.78, 5) is 27.2. The van der Waals surface area contributed by atoms with Crippen LogP contribution in [0.25, 0.3) is 11.0 Å². The number of aryl methyl sites for hydroxylation is 1. The molecule has 0 radical (unpaired) electrons. The van der Waals surface area contributed by atoms with E-state index >= 15 is 0 Å². The average Bonchev–Trinajstić information content (AvgIpc) is 2.65. The van der Waals surface area contributed by atoms with Crippen molar-refractivity contribution < 1.29 is 14.7 Å². The molecule has 0 saturated heterocycles. The summed E-state index contributed by atoms with van der Waals surface area (Å²) in [6.45, 7) is 5.56. The highest BCUT2D eigenvalue weighted by Gasteiger charge is 2.25. The molecule has 1 heterocycles. The molecule has 0 aliphatic carbocycles. The highest BCUT2D eigenvalue weighted by Crippen LogP contribution is 2.26. The van der Waals surface area contributed by atoms with Crippen LogP contribution in [0.2, 0.25) is 0 Å². The second-order valence-electron chi connectivity index (χ2n) is 5.13. The van der Waals surface area contributed by atoms with Crippen LogP contribution in [0.3, 0.4) is 0 Å². The van der Waals surface area contributed by atoms with E-state index in [0.29, 0.717) is 16.9 Å². The zero-order valence-electron chi connectivity index (χ0n) is 11.6. The first-order valence-electron chi connectivity index (χ1n) is 6.34. The second-order valence-corrected chi connectivity index (χ2v) is 5.13. The van der Waals surface area contributed by atoms with Crippen molar-refractivity contribution in [1.29, 1.82) is 0 Å². The summed E-state index contributed by atoms with van der Waals surface area (Å²) in [5.41, 5.74) is 6.90. The molecule has 20 heavy (non-hydrogen) atoms. The van der Waals surface area contributed by atoms with E-state index in [2.05, 4.69) is 4.98 Å². The Morgan fingerprint density at radius 1 is 1.35 bits per heavy atom. The van der Waals surface area contributed by atoms with Crippen molar-refractivity contribution in [2.24, 2.45) is 11.7 Å². The van der Waals surface area contributed by atoms with Gasteiger partial charge in [0.15, 0.2) is 0 Å². The zero-order valence-corrected chi connectivity index (χ0v) is 11.6. The van der Waals surface area contributed by atoms with E-state index in [-0.39, 0.29) is 11.5 Å². The van der Waals surface area contributed by atoms with Crippen molar-refractivity contribution in [3.63, 3.8) is 0 Å². The number of carboxylic acid groups (broad SMARTS) is 1. The summed E-state index contributed by atoms with van der Waals surface area (Å²) < 4.78 is 1.72. The number of amides is 1. The van der Waals surface area contributed by atoms with Gasteiger partial charge in [0, 0.05) is 0 Å². The normalized spacial score (nSPS) is 12.8. The van der Waals surface area contributed by atoms with Crippen molar-refractivity contribution in [1.82, 2.24) is 9.55 Å². The summed E-state index contributed by atoms with van der Waals surface area (Å²) >= 11 is 0. The number of hydrogen-bond acceptors (Lipinski definition) is 3. The minimum atomic E-state index is -1.02. The van der Waals surface area contributed by atoms with Crippen molar-refractivity contribution in [2.75, 3.05) is 0 Å². The molecule has 0 fully saturated rings. The molecule has 2 rings (SSSR count). The quantitative estimate of drug-likeness (QED) is 0.887. The van der Waals surface area contributed by atoms with Crippen LogP contribution in [0.1, 0.15) is 36.1 Å². The highest BCUT2D eigenvalue weighted by atomic mass is 16.4. The Bertz CT molecular complexity index is 688. The molecule has 0 aliphatic rings. The van der Waals surface area contributed by atoms with Gasteiger partial charge >= 0.3 is 5.97 Å². The van der Waals surface area contributed by atoms with Gasteiger partial charge in [0.1, 0.15) is 11.9 Å². The zero-order chi connectivity index (χ0) is 15.0. The smallest absolute Gasteiger partial charge is 0.335 e. The lowest BCUT2D eigenvalue weighted by atomic mass is 10.0. The Morgan fingerprint density at radius 2 is 2.00 bits per heavy atom. The summed E-state index contributed by atoms with van der Waals surface area (Å²) in [6, 6.07) is 4.11. The molecule has 0 saturated carbocycles. The number of benzene rings is 1. The minimum Gasteiger partial charge on any atom is -0.478 e. The number of aromatic carboxylic acids is 1. The summed E-state index contributed by atoms with van der Waals surface area (Å²) in [5.74, 6) is -0.849. The fraction of sp³-hybridized carbons (Fsp3) is 0.357. The molecule has 2 aromatic rings. The maximum absolute atomic E-state index is 11.7. The van der Waals surface area contributed by atoms with Crippen LogP contribution in [0.4, 0.5) is 0 Å². The summed E-state index contributed by atoms with van der Waals surface area (Å²) in [6.07, 6.45) is 0. The van der Waals surface area contributed by atoms with E-state index in [1.165, 1.54) is 12.1 Å². The lowest BCUT2D eigenvalue weighted by molar-refractivity contribution is -0.122. The number of rotatable bonds is 4. The number of nitrogens with zero attached hydrogens (tertiary/aromatic N) is 2. The Kier molecular flexibility index (Phi) is 3.48. The molecule has 3 N–H and O–H groups in total. The molecular formula is C14H17N3O3. The molecule has 0 spiro atoms. The van der Waals surface area contributed by atoms with Gasteiger partial charge in [-0.05, 0) is 31.0 Å². The molecule has 1 aromatic carbocycles. The lowest BCUT2D eigenvalue weighted by Gasteiger charge is -2.21. The van der Waals surface area contributed by atoms with Gasteiger partial charge in [-0.1, -0.05) is 13.8 Å². The van der Waals surface area contributed by atoms with Gasteiger partial charge in [0.2, 0.25) is 5.91 Å². The highest BCUT2D eigenvalue weighted by molar-refractivity contribution is 5.93. The van der Waals surface area contributed by atoms with Crippen molar-refractivity contribution in [3.05, 3.63) is 29.6 Å². The lowest BCUT2D eigenvalue weighted by Crippen LogP contribution is -2.31. The number of carbonyl (C=O) groups is 2. The van der Waals surface area contributed by atoms with Gasteiger partial charge in [-0.15, -0.1) is 0 Å². The molecule has 6 heteroatoms. The third kappa shape index (κ3) is 2.24. The van der Waals surface area contributed by atoms with Crippen LogP contribution in [-0.4, -0.2) is 26.5 Å². The van der Waals surface area contributed by atoms with E-state index in [9.17, 15) is 9.59 Å². The number of nitrogens with two attached hydrogens (primary N) is 1. The van der Waals surface area contributed by atoms with Gasteiger partial charge in [-0.3, -0.25) is 4.79 Å². The Balaban J connectivity index is 2.73. The van der Waals surface area contributed by atoms with Gasteiger partial charge in [0.05, 0.1) is 16.6 Å². The molecular weight excluding hydrogens is 258 g/mol. The maximum atomic E-state index is 11.7. The third-order valence-electron chi connectivity index (χ3n) is 3.31. The monoisotopic (exact) mass is 275 g/mol. The molecule has 1 aromatic heterocycles. The van der Waals surface area contributed by atoms with Gasteiger partial charge < -0.3 is 15.4 Å². The van der Waals surface area contributed by atoms with Gasteiger partial charge in [-0.2, -0.15) is 0 Å². The standard InChI is InChI=1S/C14H17N3O3/c1-7(2)12(13(15)18)17-8(3)16-10-5-4-9(14(19)20)6-11(10)17/h4-7,12H,1-3H3,(H2,15,18)(H,19,20). The third-order valence-corrected chi connectivity index (χ3v) is 3.31. The first-order chi connectivity index (χ1) is 9.32. The number of aromatic nitrogens is 2. The number of fused-ring (bicyclic) bond motifs is 1. The van der Waals surface area contributed by atoms with E-state index in [4.69, 9.17) is 10.8 Å². The molecule has 1 unspecified atom stereocenters. The molecule has 0 bridgehead atoms. The van der Waals surface area contributed by atoms with Crippen molar-refractivity contribution in [2.45, 2.75) is 26.8 Å². The Morgan fingerprint density at radius 3 is 2.50 bits per heavy atom. The van der Waals surface area contributed by atoms with Crippen LogP contribution in [0, 0.1) is 12.8 Å². The number of primary amides is 1. The van der Waals surface area contributed by atoms with Crippen LogP contribution in [0.15, 0.2) is 18.2 Å².